The molecule has 0 aromatic heterocycles. The van der Waals surface area contributed by atoms with Gasteiger partial charge in [-0.25, -0.2) is 0 Å². The Morgan fingerprint density at radius 1 is 1.19 bits per heavy atom. The van der Waals surface area contributed by atoms with E-state index in [9.17, 15) is 9.90 Å². The number of aldehydes is 1. The van der Waals surface area contributed by atoms with Crippen LogP contribution in [0.1, 0.15) is 44.8 Å². The van der Waals surface area contributed by atoms with Crippen LogP contribution in [-0.4, -0.2) is 31.7 Å². The molecule has 0 aliphatic heterocycles. The quantitative estimate of drug-likeness (QED) is 0.531. The van der Waals surface area contributed by atoms with Crippen molar-refractivity contribution in [3.05, 3.63) is 17.7 Å². The van der Waals surface area contributed by atoms with E-state index in [2.05, 4.69) is 0 Å². The molecule has 1 unspecified atom stereocenters. The van der Waals surface area contributed by atoms with Crippen LogP contribution in [-0.2, 0) is 4.79 Å². The van der Waals surface area contributed by atoms with Gasteiger partial charge in [-0.05, 0) is 44.4 Å². The lowest BCUT2D eigenvalue weighted by atomic mass is 10.0. The average Bonchev–Trinajstić information content (AvgIpc) is 2.48. The van der Waals surface area contributed by atoms with E-state index in [0.29, 0.717) is 55.3 Å². The topological polar surface area (TPSA) is 65.0 Å². The minimum atomic E-state index is -0.658. The fourth-order valence-corrected chi connectivity index (χ4v) is 2.08. The lowest BCUT2D eigenvalue weighted by Crippen LogP contribution is -2.04. The van der Waals surface area contributed by atoms with E-state index in [1.54, 1.807) is 19.2 Å². The molecule has 5 heteroatoms. The van der Waals surface area contributed by atoms with Crippen molar-refractivity contribution in [3.8, 4) is 17.2 Å². The van der Waals surface area contributed by atoms with Crippen molar-refractivity contribution in [2.45, 2.75) is 39.2 Å². The Morgan fingerprint density at radius 3 is 2.19 bits per heavy atom. The smallest absolute Gasteiger partial charge is 0.203 e. The van der Waals surface area contributed by atoms with E-state index < -0.39 is 6.10 Å². The summed E-state index contributed by atoms with van der Waals surface area (Å²) in [7, 11) is 1.56. The molecule has 0 spiro atoms. The van der Waals surface area contributed by atoms with Crippen molar-refractivity contribution < 1.29 is 24.1 Å². The highest BCUT2D eigenvalue weighted by molar-refractivity contribution is 5.54. The first-order valence-corrected chi connectivity index (χ1v) is 7.27. The number of carbonyl (C=O) groups is 1. The molecular formula is C16H24O5. The Labute approximate surface area is 125 Å². The Hall–Kier alpha value is -1.75. The number of methoxy groups -OCH3 is 1. The maximum atomic E-state index is 10.3. The van der Waals surface area contributed by atoms with Gasteiger partial charge in [0.1, 0.15) is 6.29 Å². The number of ether oxygens (including phenoxy) is 3. The Balaban J connectivity index is 3.05. The second kappa shape index (κ2) is 9.23. The fraction of sp³-hybridized carbons (Fsp3) is 0.562. The highest BCUT2D eigenvalue weighted by Gasteiger charge is 2.17. The van der Waals surface area contributed by atoms with Crippen molar-refractivity contribution in [1.82, 2.24) is 0 Å². The van der Waals surface area contributed by atoms with Crippen molar-refractivity contribution in [1.29, 1.82) is 0 Å². The number of benzene rings is 1. The number of unbranched alkanes of at least 4 members (excludes halogenated alkanes) is 1. The van der Waals surface area contributed by atoms with Crippen molar-refractivity contribution >= 4 is 6.29 Å². The number of rotatable bonds is 10. The summed E-state index contributed by atoms with van der Waals surface area (Å²) >= 11 is 0. The molecule has 0 bridgehead atoms. The zero-order valence-corrected chi connectivity index (χ0v) is 12.9. The summed E-state index contributed by atoms with van der Waals surface area (Å²) in [5.74, 6) is 1.63. The van der Waals surface area contributed by atoms with Gasteiger partial charge in [-0.3, -0.25) is 0 Å². The molecule has 0 aliphatic rings. The van der Waals surface area contributed by atoms with E-state index in [1.807, 2.05) is 13.8 Å². The summed E-state index contributed by atoms with van der Waals surface area (Å²) in [5, 5.41) is 10.2. The third kappa shape index (κ3) is 4.93. The van der Waals surface area contributed by atoms with Crippen molar-refractivity contribution in [3.63, 3.8) is 0 Å². The number of hydrogen-bond donors (Lipinski definition) is 1. The van der Waals surface area contributed by atoms with Crippen LogP contribution < -0.4 is 14.2 Å². The van der Waals surface area contributed by atoms with Crippen LogP contribution in [0.4, 0.5) is 0 Å². The zero-order chi connectivity index (χ0) is 15.7. The van der Waals surface area contributed by atoms with Crippen LogP contribution in [0.15, 0.2) is 12.1 Å². The first kappa shape index (κ1) is 17.3. The highest BCUT2D eigenvalue weighted by atomic mass is 16.5. The third-order valence-corrected chi connectivity index (χ3v) is 3.03. The number of carbonyl (C=O) groups excluding carboxylic acids is 1. The summed E-state index contributed by atoms with van der Waals surface area (Å²) in [4.78, 5) is 10.3. The average molecular weight is 296 g/mol. The minimum absolute atomic E-state index is 0.448. The van der Waals surface area contributed by atoms with Gasteiger partial charge in [0.15, 0.2) is 11.5 Å². The molecule has 0 saturated carbocycles. The normalized spacial score (nSPS) is 11.8. The SMILES string of the molecule is CCOc1cc(C(O)CCCC=O)cc(OCC)c1OC. The molecule has 0 aliphatic carbocycles. The third-order valence-electron chi connectivity index (χ3n) is 3.03. The van der Waals surface area contributed by atoms with Crippen LogP contribution >= 0.6 is 0 Å². The van der Waals surface area contributed by atoms with Gasteiger partial charge in [-0.15, -0.1) is 0 Å². The lowest BCUT2D eigenvalue weighted by Gasteiger charge is -2.18. The summed E-state index contributed by atoms with van der Waals surface area (Å²) in [6, 6.07) is 3.52. The maximum absolute atomic E-state index is 10.3. The van der Waals surface area contributed by atoms with Gasteiger partial charge in [0.25, 0.3) is 0 Å². The maximum Gasteiger partial charge on any atom is 0.203 e. The van der Waals surface area contributed by atoms with E-state index in [1.165, 1.54) is 0 Å². The van der Waals surface area contributed by atoms with E-state index in [-0.39, 0.29) is 0 Å². The molecule has 0 saturated heterocycles. The highest BCUT2D eigenvalue weighted by Crippen LogP contribution is 2.40. The minimum Gasteiger partial charge on any atom is -0.490 e. The second-order valence-corrected chi connectivity index (χ2v) is 4.53. The van der Waals surface area contributed by atoms with Crippen LogP contribution in [0.2, 0.25) is 0 Å². The Bertz CT molecular complexity index is 417. The van der Waals surface area contributed by atoms with Crippen LogP contribution in [0.25, 0.3) is 0 Å². The summed E-state index contributed by atoms with van der Waals surface area (Å²) < 4.78 is 16.5. The predicted molar refractivity (Wildman–Crippen MR) is 80.2 cm³/mol. The molecule has 21 heavy (non-hydrogen) atoms. The van der Waals surface area contributed by atoms with Crippen molar-refractivity contribution in [2.75, 3.05) is 20.3 Å². The molecule has 5 nitrogen and oxygen atoms in total. The first-order chi connectivity index (χ1) is 10.2. The van der Waals surface area contributed by atoms with E-state index in [4.69, 9.17) is 14.2 Å². The predicted octanol–water partition coefficient (Wildman–Crippen LogP) is 2.90. The molecule has 0 amide bonds. The van der Waals surface area contributed by atoms with E-state index in [0.717, 1.165) is 6.29 Å². The van der Waals surface area contributed by atoms with Gasteiger partial charge in [0, 0.05) is 6.42 Å². The van der Waals surface area contributed by atoms with Crippen LogP contribution in [0, 0.1) is 0 Å². The monoisotopic (exact) mass is 296 g/mol. The number of aliphatic hydroxyl groups excluding tert-OH is 1. The van der Waals surface area contributed by atoms with Gasteiger partial charge in [-0.2, -0.15) is 0 Å². The van der Waals surface area contributed by atoms with Gasteiger partial charge in [0.2, 0.25) is 5.75 Å². The lowest BCUT2D eigenvalue weighted by molar-refractivity contribution is -0.108. The molecule has 1 N–H and O–H groups in total. The molecule has 0 fully saturated rings. The molecular weight excluding hydrogens is 272 g/mol. The first-order valence-electron chi connectivity index (χ1n) is 7.27. The summed E-state index contributed by atoms with van der Waals surface area (Å²) in [5.41, 5.74) is 0.702. The van der Waals surface area contributed by atoms with Crippen LogP contribution in [0.3, 0.4) is 0 Å². The molecule has 1 rings (SSSR count). The van der Waals surface area contributed by atoms with Crippen molar-refractivity contribution in [2.24, 2.45) is 0 Å². The van der Waals surface area contributed by atoms with Crippen LogP contribution in [0.5, 0.6) is 17.2 Å². The molecule has 0 radical (unpaired) electrons. The second-order valence-electron chi connectivity index (χ2n) is 4.53. The Kier molecular flexibility index (Phi) is 7.61. The molecule has 1 aromatic rings. The molecule has 118 valence electrons. The largest absolute Gasteiger partial charge is 0.490 e. The van der Waals surface area contributed by atoms with Gasteiger partial charge < -0.3 is 24.1 Å². The van der Waals surface area contributed by atoms with Gasteiger partial charge in [-0.1, -0.05) is 0 Å². The zero-order valence-electron chi connectivity index (χ0n) is 12.9. The fourth-order valence-electron chi connectivity index (χ4n) is 2.08. The summed E-state index contributed by atoms with van der Waals surface area (Å²) in [6.45, 7) is 4.75. The van der Waals surface area contributed by atoms with Gasteiger partial charge >= 0.3 is 0 Å². The van der Waals surface area contributed by atoms with Gasteiger partial charge in [0.05, 0.1) is 26.4 Å². The van der Waals surface area contributed by atoms with E-state index >= 15 is 0 Å². The molecule has 1 atom stereocenters. The summed E-state index contributed by atoms with van der Waals surface area (Å²) in [6.07, 6.45) is 1.81. The molecule has 1 aromatic carbocycles. The number of aliphatic hydroxyl groups is 1. The molecule has 0 heterocycles. The number of hydrogen-bond acceptors (Lipinski definition) is 5. The Morgan fingerprint density at radius 2 is 1.76 bits per heavy atom. The standard InChI is InChI=1S/C16H24O5/c1-4-20-14-10-12(13(18)8-6-7-9-17)11-15(21-5-2)16(14)19-3/h9-11,13,18H,4-8H2,1-3H3.